The van der Waals surface area contributed by atoms with Gasteiger partial charge in [0.1, 0.15) is 24.4 Å². The van der Waals surface area contributed by atoms with Crippen LogP contribution < -0.4 is 5.32 Å². The van der Waals surface area contributed by atoms with Crippen LogP contribution in [-0.4, -0.2) is 99.6 Å². The summed E-state index contributed by atoms with van der Waals surface area (Å²) >= 11 is 0. The topological polar surface area (TPSA) is 175 Å². The van der Waals surface area contributed by atoms with E-state index in [2.05, 4.69) is 50.4 Å². The number of allylic oxidation sites excluding steroid dienone is 5. The van der Waals surface area contributed by atoms with Crippen LogP contribution in [0.5, 0.6) is 0 Å². The maximum absolute atomic E-state index is 13.4. The predicted octanol–water partition coefficient (Wildman–Crippen LogP) is 15.1. The zero-order valence-corrected chi connectivity index (χ0v) is 48.7. The summed E-state index contributed by atoms with van der Waals surface area (Å²) in [5.41, 5.74) is 0. The van der Waals surface area contributed by atoms with Gasteiger partial charge in [-0.1, -0.05) is 276 Å². The zero-order chi connectivity index (χ0) is 54.7. The first-order valence-electron chi connectivity index (χ1n) is 31.8. The minimum atomic E-state index is -1.61. The molecule has 0 aliphatic carbocycles. The van der Waals surface area contributed by atoms with Gasteiger partial charge in [0.25, 0.3) is 0 Å². The van der Waals surface area contributed by atoms with Crippen LogP contribution in [0.25, 0.3) is 0 Å². The molecule has 1 amide bonds. The van der Waals surface area contributed by atoms with Crippen molar-refractivity contribution in [2.24, 2.45) is 0 Å². The predicted molar refractivity (Wildman–Crippen MR) is 311 cm³/mol. The summed E-state index contributed by atoms with van der Waals surface area (Å²) in [6, 6.07) is -1.03. The highest BCUT2D eigenvalue weighted by Crippen LogP contribution is 2.26. The molecule has 0 aromatic heterocycles. The molecule has 1 saturated heterocycles. The second-order valence-corrected chi connectivity index (χ2v) is 22.2. The Bertz CT molecular complexity index is 1360. The fourth-order valence-electron chi connectivity index (χ4n) is 10.00. The number of unbranched alkanes of at least 4 members (excludes halogenated alkanes) is 37. The van der Waals surface area contributed by atoms with Crippen molar-refractivity contribution in [2.45, 2.75) is 346 Å². The molecule has 6 N–H and O–H groups in total. The van der Waals surface area contributed by atoms with E-state index in [-0.39, 0.29) is 19.4 Å². The summed E-state index contributed by atoms with van der Waals surface area (Å²) in [7, 11) is 0. The normalized spacial score (nSPS) is 19.4. The molecule has 440 valence electrons. The molecule has 1 aliphatic heterocycles. The number of esters is 1. The summed E-state index contributed by atoms with van der Waals surface area (Å²) in [5.74, 6) is -1.20. The van der Waals surface area contributed by atoms with Crippen LogP contribution in [0, 0.1) is 0 Å². The van der Waals surface area contributed by atoms with Gasteiger partial charge in [0, 0.05) is 6.42 Å². The smallest absolute Gasteiger partial charge is 0.306 e. The molecule has 1 aliphatic rings. The molecule has 8 unspecified atom stereocenters. The van der Waals surface area contributed by atoms with E-state index in [4.69, 9.17) is 14.2 Å². The Kier molecular flexibility index (Phi) is 49.7. The first-order chi connectivity index (χ1) is 36.7. The summed E-state index contributed by atoms with van der Waals surface area (Å²) in [4.78, 5) is 26.5. The Balaban J connectivity index is 2.67. The van der Waals surface area contributed by atoms with Gasteiger partial charge in [-0.15, -0.1) is 0 Å². The van der Waals surface area contributed by atoms with Gasteiger partial charge >= 0.3 is 5.97 Å². The van der Waals surface area contributed by atoms with Crippen molar-refractivity contribution in [3.8, 4) is 0 Å². The van der Waals surface area contributed by atoms with Gasteiger partial charge < -0.3 is 45.1 Å². The van der Waals surface area contributed by atoms with E-state index < -0.39 is 67.4 Å². The maximum atomic E-state index is 13.4. The van der Waals surface area contributed by atoms with Gasteiger partial charge in [-0.25, -0.2) is 0 Å². The molecule has 0 radical (unpaired) electrons. The van der Waals surface area contributed by atoms with E-state index in [1.165, 1.54) is 173 Å². The minimum absolute atomic E-state index is 0.127. The van der Waals surface area contributed by atoms with Crippen molar-refractivity contribution in [1.82, 2.24) is 5.32 Å². The number of hydrogen-bond donors (Lipinski definition) is 6. The summed E-state index contributed by atoms with van der Waals surface area (Å²) in [6.45, 7) is 5.78. The van der Waals surface area contributed by atoms with Crippen LogP contribution in [0.15, 0.2) is 36.5 Å². The average Bonchev–Trinajstić information content (AvgIpc) is 3.41. The minimum Gasteiger partial charge on any atom is -0.454 e. The third-order valence-electron chi connectivity index (χ3n) is 15.1. The van der Waals surface area contributed by atoms with E-state index in [1.54, 1.807) is 6.08 Å². The number of hydrogen-bond acceptors (Lipinski definition) is 10. The van der Waals surface area contributed by atoms with E-state index in [0.29, 0.717) is 12.8 Å². The number of amides is 1. The molecule has 11 heteroatoms. The molecule has 8 atom stereocenters. The lowest BCUT2D eigenvalue weighted by atomic mass is 9.99. The standard InChI is InChI=1S/C64H119NO10/c1-4-7-10-13-16-19-22-25-27-28-29-30-31-34-37-40-43-46-49-52-59(69)75-62-61(71)60(70)58(53-66)74-64(62)73-54-55(56(67)50-47-44-41-38-35-32-24-21-18-15-12-9-6-3)65-63(72)57(68)51-48-45-42-39-36-33-26-23-20-17-14-11-8-5-2/h17,20,23,26,47,50,55-58,60-62,64,66-68,70-71H,4-16,18-19,21-22,24-25,27-46,48-49,51-54H2,1-3H3,(H,65,72)/b20-17+,26-23+,50-47+. The van der Waals surface area contributed by atoms with E-state index >= 15 is 0 Å². The Morgan fingerprint density at radius 1 is 0.520 bits per heavy atom. The molecule has 1 rings (SSSR count). The van der Waals surface area contributed by atoms with Crippen LogP contribution >= 0.6 is 0 Å². The van der Waals surface area contributed by atoms with Crippen LogP contribution in [0.1, 0.15) is 297 Å². The SMILES string of the molecule is CCCCC/C=C/C=C/CCCCCCCC(O)C(=O)NC(COC1OC(CO)C(O)C(O)C1OC(=O)CCCCCCCCCCCCCCCCCCCCC)C(O)/C=C/CCCCCCCCCCCCC. The van der Waals surface area contributed by atoms with Crippen molar-refractivity contribution < 1.29 is 49.3 Å². The van der Waals surface area contributed by atoms with Crippen molar-refractivity contribution in [1.29, 1.82) is 0 Å². The molecule has 11 nitrogen and oxygen atoms in total. The van der Waals surface area contributed by atoms with Gasteiger partial charge in [-0.3, -0.25) is 9.59 Å². The number of aliphatic hydroxyl groups excluding tert-OH is 5. The largest absolute Gasteiger partial charge is 0.454 e. The Labute approximate surface area is 460 Å². The third-order valence-corrected chi connectivity index (χ3v) is 15.1. The maximum Gasteiger partial charge on any atom is 0.306 e. The first-order valence-corrected chi connectivity index (χ1v) is 31.8. The fraction of sp³-hybridized carbons (Fsp3) is 0.875. The lowest BCUT2D eigenvalue weighted by Crippen LogP contribution is -2.61. The van der Waals surface area contributed by atoms with Crippen LogP contribution in [0.2, 0.25) is 0 Å². The Morgan fingerprint density at radius 2 is 0.907 bits per heavy atom. The lowest BCUT2D eigenvalue weighted by Gasteiger charge is -2.41. The summed E-state index contributed by atoms with van der Waals surface area (Å²) in [6.07, 6.45) is 51.8. The van der Waals surface area contributed by atoms with Crippen LogP contribution in [0.3, 0.4) is 0 Å². The van der Waals surface area contributed by atoms with Gasteiger partial charge in [0.2, 0.25) is 5.91 Å². The number of ether oxygens (including phenoxy) is 3. The van der Waals surface area contributed by atoms with E-state index in [9.17, 15) is 35.1 Å². The number of carbonyl (C=O) groups excluding carboxylic acids is 2. The lowest BCUT2D eigenvalue weighted by molar-refractivity contribution is -0.305. The number of carbonyl (C=O) groups is 2. The number of aliphatic hydroxyl groups is 5. The highest BCUT2D eigenvalue weighted by Gasteiger charge is 2.47. The number of rotatable bonds is 54. The second-order valence-electron chi connectivity index (χ2n) is 22.2. The fourth-order valence-corrected chi connectivity index (χ4v) is 10.00. The molecule has 75 heavy (non-hydrogen) atoms. The van der Waals surface area contributed by atoms with Crippen molar-refractivity contribution in [3.63, 3.8) is 0 Å². The highest BCUT2D eigenvalue weighted by atomic mass is 16.7. The molecule has 0 spiro atoms. The molecule has 0 aromatic rings. The third kappa shape index (κ3) is 40.7. The van der Waals surface area contributed by atoms with E-state index in [0.717, 1.165) is 77.0 Å². The molecule has 1 heterocycles. The zero-order valence-electron chi connectivity index (χ0n) is 48.7. The Morgan fingerprint density at radius 3 is 1.36 bits per heavy atom. The molecular weight excluding hydrogens is 943 g/mol. The monoisotopic (exact) mass is 1060 g/mol. The molecule has 1 fully saturated rings. The second kappa shape index (κ2) is 52.6. The summed E-state index contributed by atoms with van der Waals surface area (Å²) in [5, 5.41) is 57.0. The molecular formula is C64H119NO10. The van der Waals surface area contributed by atoms with E-state index in [1.807, 2.05) is 6.08 Å². The molecule has 0 aromatic carbocycles. The van der Waals surface area contributed by atoms with Gasteiger partial charge in [-0.05, 0) is 51.4 Å². The summed E-state index contributed by atoms with van der Waals surface area (Å²) < 4.78 is 17.6. The molecule has 0 saturated carbocycles. The quantitative estimate of drug-likeness (QED) is 0.0149. The highest BCUT2D eigenvalue weighted by molar-refractivity contribution is 5.80. The molecule has 0 bridgehead atoms. The average molecular weight is 1060 g/mol. The van der Waals surface area contributed by atoms with Crippen LogP contribution in [0.4, 0.5) is 0 Å². The van der Waals surface area contributed by atoms with Crippen molar-refractivity contribution in [3.05, 3.63) is 36.5 Å². The van der Waals surface area contributed by atoms with Gasteiger partial charge in [0.05, 0.1) is 25.4 Å². The number of nitrogens with one attached hydrogen (secondary N) is 1. The van der Waals surface area contributed by atoms with Crippen LogP contribution in [-0.2, 0) is 23.8 Å². The first kappa shape index (κ1) is 70.9. The van der Waals surface area contributed by atoms with Gasteiger partial charge in [-0.2, -0.15) is 0 Å². The Hall–Kier alpha value is -2.12. The van der Waals surface area contributed by atoms with Gasteiger partial charge in [0.15, 0.2) is 12.4 Å². The van der Waals surface area contributed by atoms with Crippen molar-refractivity contribution in [2.75, 3.05) is 13.2 Å². The van der Waals surface area contributed by atoms with Crippen molar-refractivity contribution >= 4 is 11.9 Å².